The van der Waals surface area contributed by atoms with Crippen LogP contribution in [0.5, 0.6) is 0 Å². The number of carbonyl (C=O) groups is 1. The van der Waals surface area contributed by atoms with Crippen LogP contribution in [-0.2, 0) is 11.8 Å². The lowest BCUT2D eigenvalue weighted by Gasteiger charge is -2.12. The summed E-state index contributed by atoms with van der Waals surface area (Å²) in [5.41, 5.74) is 2.04. The molecule has 0 bridgehead atoms. The monoisotopic (exact) mass is 370 g/mol. The van der Waals surface area contributed by atoms with Crippen molar-refractivity contribution < 1.29 is 9.21 Å². The van der Waals surface area contributed by atoms with Gasteiger partial charge >= 0.3 is 0 Å². The average molecular weight is 370 g/mol. The lowest BCUT2D eigenvalue weighted by atomic mass is 10.0. The van der Waals surface area contributed by atoms with Gasteiger partial charge in [0.2, 0.25) is 5.91 Å². The number of thioether (sulfide) groups is 1. The number of nitrogens with one attached hydrogen (secondary N) is 1. The molecule has 7 heteroatoms. The van der Waals surface area contributed by atoms with Gasteiger partial charge in [-0.25, -0.2) is 0 Å². The number of rotatable bonds is 6. The SMILES string of the molecule is CC(Sc1nnc(-c2ccco2)n1C)C(=O)Nc1ccc(C(C)C)cc1. The predicted octanol–water partition coefficient (Wildman–Crippen LogP) is 4.32. The maximum atomic E-state index is 12.5. The van der Waals surface area contributed by atoms with Crippen LogP contribution in [0.2, 0.25) is 0 Å². The summed E-state index contributed by atoms with van der Waals surface area (Å²) in [6, 6.07) is 11.6. The van der Waals surface area contributed by atoms with E-state index in [2.05, 4.69) is 29.4 Å². The Hall–Kier alpha value is -2.54. The Bertz CT molecular complexity index is 870. The standard InChI is InChI=1S/C19H22N4O2S/c1-12(2)14-7-9-15(10-8-14)20-18(24)13(3)26-19-22-21-17(23(19)4)16-6-5-11-25-16/h5-13H,1-4H3,(H,20,24). The second-order valence-corrected chi connectivity index (χ2v) is 7.68. The molecule has 0 aliphatic carbocycles. The molecule has 0 radical (unpaired) electrons. The summed E-state index contributed by atoms with van der Waals surface area (Å²) < 4.78 is 7.18. The molecular weight excluding hydrogens is 348 g/mol. The number of benzene rings is 1. The van der Waals surface area contributed by atoms with Crippen LogP contribution < -0.4 is 5.32 Å². The van der Waals surface area contributed by atoms with Crippen LogP contribution in [0.15, 0.2) is 52.2 Å². The van der Waals surface area contributed by atoms with Gasteiger partial charge in [0.15, 0.2) is 16.7 Å². The van der Waals surface area contributed by atoms with E-state index in [1.165, 1.54) is 17.3 Å². The van der Waals surface area contributed by atoms with Gasteiger partial charge in [0.1, 0.15) is 0 Å². The number of hydrogen-bond donors (Lipinski definition) is 1. The summed E-state index contributed by atoms with van der Waals surface area (Å²) in [6.45, 7) is 6.14. The van der Waals surface area contributed by atoms with E-state index in [9.17, 15) is 4.79 Å². The number of amides is 1. The van der Waals surface area contributed by atoms with Gasteiger partial charge in [-0.3, -0.25) is 4.79 Å². The van der Waals surface area contributed by atoms with Crippen molar-refractivity contribution >= 4 is 23.4 Å². The van der Waals surface area contributed by atoms with E-state index in [1.54, 1.807) is 12.3 Å². The zero-order valence-electron chi connectivity index (χ0n) is 15.3. The second-order valence-electron chi connectivity index (χ2n) is 6.37. The summed E-state index contributed by atoms with van der Waals surface area (Å²) in [7, 11) is 1.86. The first-order chi connectivity index (χ1) is 12.5. The topological polar surface area (TPSA) is 73.0 Å². The molecule has 0 aliphatic heterocycles. The van der Waals surface area contributed by atoms with E-state index in [0.717, 1.165) is 5.69 Å². The fraction of sp³-hybridized carbons (Fsp3) is 0.316. The van der Waals surface area contributed by atoms with Crippen molar-refractivity contribution in [2.24, 2.45) is 7.05 Å². The highest BCUT2D eigenvalue weighted by atomic mass is 32.2. The second kappa shape index (κ2) is 7.78. The minimum absolute atomic E-state index is 0.0742. The molecule has 1 N–H and O–H groups in total. The van der Waals surface area contributed by atoms with Gasteiger partial charge in [-0.2, -0.15) is 0 Å². The highest BCUT2D eigenvalue weighted by Gasteiger charge is 2.20. The molecule has 0 saturated carbocycles. The van der Waals surface area contributed by atoms with E-state index in [0.29, 0.717) is 22.7 Å². The fourth-order valence-electron chi connectivity index (χ4n) is 2.44. The maximum Gasteiger partial charge on any atom is 0.237 e. The summed E-state index contributed by atoms with van der Waals surface area (Å²) in [4.78, 5) is 12.5. The van der Waals surface area contributed by atoms with Crippen molar-refractivity contribution in [2.75, 3.05) is 5.32 Å². The van der Waals surface area contributed by atoms with Crippen LogP contribution in [0.3, 0.4) is 0 Å². The number of aromatic nitrogens is 3. The summed E-state index contributed by atoms with van der Waals surface area (Å²) in [5, 5.41) is 11.6. The van der Waals surface area contributed by atoms with Crippen molar-refractivity contribution in [1.82, 2.24) is 14.8 Å². The first kappa shape index (κ1) is 18.3. The van der Waals surface area contributed by atoms with Crippen molar-refractivity contribution in [2.45, 2.75) is 37.1 Å². The Morgan fingerprint density at radius 2 is 1.88 bits per heavy atom. The Morgan fingerprint density at radius 1 is 1.15 bits per heavy atom. The van der Waals surface area contributed by atoms with E-state index in [4.69, 9.17) is 4.42 Å². The number of hydrogen-bond acceptors (Lipinski definition) is 5. The Morgan fingerprint density at radius 3 is 2.50 bits per heavy atom. The van der Waals surface area contributed by atoms with Gasteiger partial charge in [-0.15, -0.1) is 10.2 Å². The van der Waals surface area contributed by atoms with Gasteiger partial charge in [0.25, 0.3) is 0 Å². The van der Waals surface area contributed by atoms with Crippen LogP contribution >= 0.6 is 11.8 Å². The van der Waals surface area contributed by atoms with Crippen LogP contribution in [-0.4, -0.2) is 25.9 Å². The molecule has 3 aromatic rings. The third kappa shape index (κ3) is 3.99. The highest BCUT2D eigenvalue weighted by molar-refractivity contribution is 8.00. The van der Waals surface area contributed by atoms with Crippen molar-refractivity contribution in [1.29, 1.82) is 0 Å². The molecule has 3 rings (SSSR count). The highest BCUT2D eigenvalue weighted by Crippen LogP contribution is 2.26. The minimum atomic E-state index is -0.313. The summed E-state index contributed by atoms with van der Waals surface area (Å²) in [6.07, 6.45) is 1.59. The molecule has 0 spiro atoms. The molecule has 136 valence electrons. The van der Waals surface area contributed by atoms with Crippen LogP contribution in [0.4, 0.5) is 5.69 Å². The van der Waals surface area contributed by atoms with Crippen LogP contribution in [0.25, 0.3) is 11.6 Å². The van der Waals surface area contributed by atoms with Gasteiger partial charge in [-0.05, 0) is 42.7 Å². The minimum Gasteiger partial charge on any atom is -0.461 e. The fourth-order valence-corrected chi connectivity index (χ4v) is 3.26. The molecule has 0 fully saturated rings. The molecule has 2 aromatic heterocycles. The van der Waals surface area contributed by atoms with Crippen molar-refractivity contribution in [3.63, 3.8) is 0 Å². The predicted molar refractivity (Wildman–Crippen MR) is 103 cm³/mol. The maximum absolute atomic E-state index is 12.5. The number of furan rings is 1. The zero-order valence-corrected chi connectivity index (χ0v) is 16.1. The molecule has 0 aliphatic rings. The molecule has 2 heterocycles. The van der Waals surface area contributed by atoms with E-state index in [1.807, 2.05) is 48.9 Å². The van der Waals surface area contributed by atoms with Gasteiger partial charge in [0, 0.05) is 12.7 Å². The number of nitrogens with zero attached hydrogens (tertiary/aromatic N) is 3. The summed E-state index contributed by atoms with van der Waals surface area (Å²) >= 11 is 1.36. The van der Waals surface area contributed by atoms with Gasteiger partial charge < -0.3 is 14.3 Å². The van der Waals surface area contributed by atoms with Crippen LogP contribution in [0, 0.1) is 0 Å². The van der Waals surface area contributed by atoms with Gasteiger partial charge in [0.05, 0.1) is 11.5 Å². The smallest absolute Gasteiger partial charge is 0.237 e. The Kier molecular flexibility index (Phi) is 5.46. The first-order valence-electron chi connectivity index (χ1n) is 8.46. The molecular formula is C19H22N4O2S. The third-order valence-corrected chi connectivity index (χ3v) is 5.21. The van der Waals surface area contributed by atoms with Crippen molar-refractivity contribution in [3.8, 4) is 11.6 Å². The molecule has 1 atom stereocenters. The zero-order chi connectivity index (χ0) is 18.7. The lowest BCUT2D eigenvalue weighted by molar-refractivity contribution is -0.115. The quantitative estimate of drug-likeness (QED) is 0.654. The average Bonchev–Trinajstić information content (AvgIpc) is 3.26. The molecule has 26 heavy (non-hydrogen) atoms. The number of carbonyl (C=O) groups excluding carboxylic acids is 1. The van der Waals surface area contributed by atoms with Crippen LogP contribution in [0.1, 0.15) is 32.3 Å². The Balaban J connectivity index is 1.64. The largest absolute Gasteiger partial charge is 0.461 e. The normalized spacial score (nSPS) is 12.3. The van der Waals surface area contributed by atoms with Gasteiger partial charge in [-0.1, -0.05) is 37.7 Å². The Labute approximate surface area is 157 Å². The third-order valence-electron chi connectivity index (χ3n) is 4.07. The molecule has 1 amide bonds. The van der Waals surface area contributed by atoms with E-state index in [-0.39, 0.29) is 11.2 Å². The number of anilines is 1. The van der Waals surface area contributed by atoms with E-state index < -0.39 is 0 Å². The molecule has 6 nitrogen and oxygen atoms in total. The lowest BCUT2D eigenvalue weighted by Crippen LogP contribution is -2.22. The first-order valence-corrected chi connectivity index (χ1v) is 9.34. The van der Waals surface area contributed by atoms with E-state index >= 15 is 0 Å². The summed E-state index contributed by atoms with van der Waals surface area (Å²) in [5.74, 6) is 1.67. The molecule has 1 unspecified atom stereocenters. The molecule has 1 aromatic carbocycles. The molecule has 0 saturated heterocycles. The van der Waals surface area contributed by atoms with Crippen molar-refractivity contribution in [3.05, 3.63) is 48.2 Å².